The highest BCUT2D eigenvalue weighted by Gasteiger charge is 2.19. The molecule has 4 rings (SSSR count). The number of nitrogens with zero attached hydrogens (tertiary/aromatic N) is 1. The van der Waals surface area contributed by atoms with Crippen LogP contribution in [0.15, 0.2) is 82.7 Å². The molecular weight excluding hydrogens is 364 g/mol. The summed E-state index contributed by atoms with van der Waals surface area (Å²) in [5.74, 6) is 1.48. The van der Waals surface area contributed by atoms with Crippen molar-refractivity contribution >= 4 is 22.9 Å². The highest BCUT2D eigenvalue weighted by Crippen LogP contribution is 2.24. The van der Waals surface area contributed by atoms with Gasteiger partial charge in [0.1, 0.15) is 6.04 Å². The first-order valence-corrected chi connectivity index (χ1v) is 9.68. The Morgan fingerprint density at radius 1 is 1.00 bits per heavy atom. The molecular formula is C21H18ClN2OS+. The SMILES string of the molecule is Clc1ccc(-c2cnc(C[NH2+][C@@H](c3ccccc3)c3cccs3)o2)cc1. The molecule has 5 heteroatoms. The summed E-state index contributed by atoms with van der Waals surface area (Å²) in [6, 6.07) is 22.6. The Labute approximate surface area is 161 Å². The van der Waals surface area contributed by atoms with Gasteiger partial charge in [-0.25, -0.2) is 4.98 Å². The minimum atomic E-state index is 0.238. The predicted molar refractivity (Wildman–Crippen MR) is 105 cm³/mol. The molecule has 0 radical (unpaired) electrons. The maximum Gasteiger partial charge on any atom is 0.250 e. The first kappa shape index (κ1) is 17.0. The van der Waals surface area contributed by atoms with E-state index in [2.05, 4.69) is 52.1 Å². The van der Waals surface area contributed by atoms with Crippen LogP contribution in [-0.2, 0) is 6.54 Å². The Balaban J connectivity index is 1.51. The lowest BCUT2D eigenvalue weighted by Gasteiger charge is -2.13. The van der Waals surface area contributed by atoms with Crippen LogP contribution < -0.4 is 5.32 Å². The van der Waals surface area contributed by atoms with Crippen molar-refractivity contribution < 1.29 is 9.73 Å². The van der Waals surface area contributed by atoms with Gasteiger partial charge in [-0.1, -0.05) is 48.0 Å². The molecule has 0 amide bonds. The van der Waals surface area contributed by atoms with Crippen molar-refractivity contribution in [2.45, 2.75) is 12.6 Å². The van der Waals surface area contributed by atoms with Gasteiger partial charge in [-0.05, 0) is 35.7 Å². The Kier molecular flexibility index (Phi) is 5.16. The minimum absolute atomic E-state index is 0.238. The zero-order valence-electron chi connectivity index (χ0n) is 14.0. The smallest absolute Gasteiger partial charge is 0.250 e. The molecule has 0 spiro atoms. The van der Waals surface area contributed by atoms with Gasteiger partial charge in [0.05, 0.1) is 11.1 Å². The number of hydrogen-bond donors (Lipinski definition) is 1. The van der Waals surface area contributed by atoms with Crippen LogP contribution in [-0.4, -0.2) is 4.98 Å². The maximum atomic E-state index is 5.95. The number of thiophene rings is 1. The third kappa shape index (κ3) is 3.88. The molecule has 0 unspecified atom stereocenters. The molecule has 0 bridgehead atoms. The van der Waals surface area contributed by atoms with E-state index in [-0.39, 0.29) is 6.04 Å². The molecule has 0 aliphatic rings. The fourth-order valence-corrected chi connectivity index (χ4v) is 3.89. The van der Waals surface area contributed by atoms with Gasteiger partial charge >= 0.3 is 0 Å². The second-order valence-corrected chi connectivity index (χ2v) is 7.38. The first-order chi connectivity index (χ1) is 12.8. The molecule has 0 aliphatic heterocycles. The van der Waals surface area contributed by atoms with E-state index in [1.165, 1.54) is 10.4 Å². The van der Waals surface area contributed by atoms with E-state index >= 15 is 0 Å². The fourth-order valence-electron chi connectivity index (χ4n) is 2.92. The number of benzene rings is 2. The summed E-state index contributed by atoms with van der Waals surface area (Å²) in [5, 5.41) is 5.09. The molecule has 0 fully saturated rings. The van der Waals surface area contributed by atoms with Crippen LogP contribution in [0.3, 0.4) is 0 Å². The summed E-state index contributed by atoms with van der Waals surface area (Å²) in [7, 11) is 0. The second kappa shape index (κ2) is 7.87. The third-order valence-corrected chi connectivity index (χ3v) is 5.43. The fraction of sp³-hybridized carbons (Fsp3) is 0.0952. The quantitative estimate of drug-likeness (QED) is 0.515. The lowest BCUT2D eigenvalue weighted by atomic mass is 10.1. The summed E-state index contributed by atoms with van der Waals surface area (Å²) >= 11 is 7.72. The van der Waals surface area contributed by atoms with Crippen molar-refractivity contribution in [1.29, 1.82) is 0 Å². The topological polar surface area (TPSA) is 42.6 Å². The van der Waals surface area contributed by atoms with Crippen LogP contribution >= 0.6 is 22.9 Å². The standard InChI is InChI=1S/C21H17ClN2OS/c22-17-10-8-15(9-11-17)18-13-23-20(25-18)14-24-21(19-7-4-12-26-19)16-5-2-1-3-6-16/h1-13,21,24H,14H2/p+1/t21-/m0/s1. The molecule has 3 nitrogen and oxygen atoms in total. The summed E-state index contributed by atoms with van der Waals surface area (Å²) in [6.07, 6.45) is 1.77. The van der Waals surface area contributed by atoms with Gasteiger partial charge in [-0.2, -0.15) is 0 Å². The highest BCUT2D eigenvalue weighted by atomic mass is 35.5. The number of aromatic nitrogens is 1. The van der Waals surface area contributed by atoms with E-state index < -0.39 is 0 Å². The zero-order chi connectivity index (χ0) is 17.8. The van der Waals surface area contributed by atoms with Gasteiger partial charge in [0.15, 0.2) is 12.3 Å². The molecule has 4 aromatic rings. The van der Waals surface area contributed by atoms with Crippen molar-refractivity contribution in [3.05, 3.63) is 99.7 Å². The third-order valence-electron chi connectivity index (χ3n) is 4.22. The molecule has 1 atom stereocenters. The monoisotopic (exact) mass is 381 g/mol. The summed E-state index contributed by atoms with van der Waals surface area (Å²) < 4.78 is 5.93. The first-order valence-electron chi connectivity index (χ1n) is 8.42. The largest absolute Gasteiger partial charge is 0.435 e. The summed E-state index contributed by atoms with van der Waals surface area (Å²) in [6.45, 7) is 0.672. The van der Waals surface area contributed by atoms with E-state index in [0.717, 1.165) is 11.3 Å². The van der Waals surface area contributed by atoms with Crippen molar-refractivity contribution in [1.82, 2.24) is 4.98 Å². The maximum absolute atomic E-state index is 5.95. The van der Waals surface area contributed by atoms with Crippen LogP contribution in [0.4, 0.5) is 0 Å². The number of hydrogen-bond acceptors (Lipinski definition) is 3. The van der Waals surface area contributed by atoms with E-state index in [0.29, 0.717) is 17.5 Å². The second-order valence-electron chi connectivity index (χ2n) is 5.97. The molecule has 2 aromatic carbocycles. The molecule has 0 saturated heterocycles. The van der Waals surface area contributed by atoms with E-state index in [9.17, 15) is 0 Å². The van der Waals surface area contributed by atoms with Gasteiger partial charge in [0, 0.05) is 16.1 Å². The lowest BCUT2D eigenvalue weighted by Crippen LogP contribution is -2.83. The van der Waals surface area contributed by atoms with Gasteiger partial charge < -0.3 is 9.73 Å². The average Bonchev–Trinajstić information content (AvgIpc) is 3.36. The molecule has 26 heavy (non-hydrogen) atoms. The highest BCUT2D eigenvalue weighted by molar-refractivity contribution is 7.10. The van der Waals surface area contributed by atoms with E-state index in [1.807, 2.05) is 30.3 Å². The number of rotatable bonds is 6. The van der Waals surface area contributed by atoms with Gasteiger partial charge in [-0.3, -0.25) is 0 Å². The van der Waals surface area contributed by atoms with Crippen LogP contribution in [0.2, 0.25) is 5.02 Å². The Morgan fingerprint density at radius 3 is 2.54 bits per heavy atom. The van der Waals surface area contributed by atoms with Crippen LogP contribution in [0.1, 0.15) is 22.4 Å². The van der Waals surface area contributed by atoms with Crippen LogP contribution in [0.25, 0.3) is 11.3 Å². The van der Waals surface area contributed by atoms with Crippen molar-refractivity contribution in [3.63, 3.8) is 0 Å². The average molecular weight is 382 g/mol. The van der Waals surface area contributed by atoms with Crippen molar-refractivity contribution in [2.24, 2.45) is 0 Å². The van der Waals surface area contributed by atoms with E-state index in [4.69, 9.17) is 16.0 Å². The van der Waals surface area contributed by atoms with Crippen LogP contribution in [0.5, 0.6) is 0 Å². The molecule has 130 valence electrons. The van der Waals surface area contributed by atoms with Crippen molar-refractivity contribution in [3.8, 4) is 11.3 Å². The number of halogens is 1. The Hall–Kier alpha value is -2.40. The molecule has 0 aliphatic carbocycles. The Morgan fingerprint density at radius 2 is 1.81 bits per heavy atom. The van der Waals surface area contributed by atoms with Gasteiger partial charge in [-0.15, -0.1) is 11.3 Å². The summed E-state index contributed by atoms with van der Waals surface area (Å²) in [4.78, 5) is 5.75. The molecule has 0 saturated carbocycles. The van der Waals surface area contributed by atoms with Gasteiger partial charge in [0.25, 0.3) is 5.89 Å². The minimum Gasteiger partial charge on any atom is -0.435 e. The van der Waals surface area contributed by atoms with E-state index in [1.54, 1.807) is 17.5 Å². The lowest BCUT2D eigenvalue weighted by molar-refractivity contribution is -0.703. The van der Waals surface area contributed by atoms with Crippen molar-refractivity contribution in [2.75, 3.05) is 0 Å². The van der Waals surface area contributed by atoms with Crippen LogP contribution in [0, 0.1) is 0 Å². The number of nitrogens with two attached hydrogens (primary N) is 1. The molecule has 2 N–H and O–H groups in total. The molecule has 2 aromatic heterocycles. The van der Waals surface area contributed by atoms with Gasteiger partial charge in [0.2, 0.25) is 0 Å². The summed E-state index contributed by atoms with van der Waals surface area (Å²) in [5.41, 5.74) is 2.26. The number of quaternary nitrogens is 1. The molecule has 2 heterocycles. The predicted octanol–water partition coefficient (Wildman–Crippen LogP) is 4.91. The Bertz CT molecular complexity index is 949. The number of oxazole rings is 1. The normalized spacial score (nSPS) is 12.2. The zero-order valence-corrected chi connectivity index (χ0v) is 15.6.